The molecule has 7 nitrogen and oxygen atoms in total. The van der Waals surface area contributed by atoms with Gasteiger partial charge in [0.15, 0.2) is 0 Å². The van der Waals surface area contributed by atoms with Crippen LogP contribution < -0.4 is 11.1 Å². The van der Waals surface area contributed by atoms with Gasteiger partial charge in [-0.05, 0) is 0 Å². The van der Waals surface area contributed by atoms with Crippen molar-refractivity contribution >= 4 is 5.91 Å². The van der Waals surface area contributed by atoms with Crippen molar-refractivity contribution in [2.24, 2.45) is 5.73 Å². The molecule has 0 unspecified atom stereocenters. The lowest BCUT2D eigenvalue weighted by molar-refractivity contribution is -0.121. The number of amides is 1. The molecule has 114 valence electrons. The van der Waals surface area contributed by atoms with Crippen LogP contribution in [0.15, 0.2) is 0 Å². The Hall–Kier alpha value is -0.730. The molecular weight excluding hydrogens is 252 g/mol. The first-order valence-corrected chi connectivity index (χ1v) is 6.53. The predicted octanol–water partition coefficient (Wildman–Crippen LogP) is -0.852. The summed E-state index contributed by atoms with van der Waals surface area (Å²) in [6.45, 7) is 4.65. The predicted molar refractivity (Wildman–Crippen MR) is 71.0 cm³/mol. The van der Waals surface area contributed by atoms with Gasteiger partial charge in [-0.1, -0.05) is 0 Å². The topological polar surface area (TPSA) is 92.0 Å². The maximum absolute atomic E-state index is 10.9. The Morgan fingerprint density at radius 2 is 1.26 bits per heavy atom. The van der Waals surface area contributed by atoms with Gasteiger partial charge < -0.3 is 30.0 Å². The maximum Gasteiger partial charge on any atom is 0.222 e. The van der Waals surface area contributed by atoms with Gasteiger partial charge in [0.2, 0.25) is 5.91 Å². The molecule has 0 fully saturated rings. The molecule has 0 aliphatic rings. The van der Waals surface area contributed by atoms with Crippen LogP contribution in [0.2, 0.25) is 0 Å². The zero-order valence-electron chi connectivity index (χ0n) is 11.7. The lowest BCUT2D eigenvalue weighted by atomic mass is 10.4. The van der Waals surface area contributed by atoms with Gasteiger partial charge in [-0.2, -0.15) is 0 Å². The molecule has 0 rings (SSSR count). The van der Waals surface area contributed by atoms with Crippen molar-refractivity contribution in [3.63, 3.8) is 0 Å². The molecule has 7 heteroatoms. The van der Waals surface area contributed by atoms with Crippen LogP contribution in [0, 0.1) is 0 Å². The second-order valence-electron chi connectivity index (χ2n) is 3.66. The third-order valence-electron chi connectivity index (χ3n) is 2.13. The molecule has 0 aromatic carbocycles. The quantitative estimate of drug-likeness (QED) is 0.402. The molecule has 0 aromatic rings. The fourth-order valence-electron chi connectivity index (χ4n) is 1.14. The summed E-state index contributed by atoms with van der Waals surface area (Å²) < 4.78 is 20.9. The van der Waals surface area contributed by atoms with Gasteiger partial charge in [0, 0.05) is 20.0 Å². The SMILES string of the molecule is CNC(=O)CCOCCOCCOCCOCCN. The van der Waals surface area contributed by atoms with Gasteiger partial charge in [0.1, 0.15) is 0 Å². The van der Waals surface area contributed by atoms with Gasteiger partial charge in [-0.3, -0.25) is 4.79 Å². The van der Waals surface area contributed by atoms with Crippen LogP contribution in [0.25, 0.3) is 0 Å². The Balaban J connectivity index is 2.97. The van der Waals surface area contributed by atoms with E-state index < -0.39 is 0 Å². The highest BCUT2D eigenvalue weighted by Crippen LogP contribution is 1.85. The summed E-state index contributed by atoms with van der Waals surface area (Å²) in [7, 11) is 1.60. The van der Waals surface area contributed by atoms with Crippen LogP contribution in [-0.2, 0) is 23.7 Å². The number of nitrogens with one attached hydrogen (secondary N) is 1. The molecule has 0 spiro atoms. The van der Waals surface area contributed by atoms with E-state index in [9.17, 15) is 4.79 Å². The van der Waals surface area contributed by atoms with E-state index >= 15 is 0 Å². The monoisotopic (exact) mass is 278 g/mol. The highest BCUT2D eigenvalue weighted by Gasteiger charge is 1.97. The van der Waals surface area contributed by atoms with E-state index in [4.69, 9.17) is 24.7 Å². The molecule has 0 bridgehead atoms. The molecule has 1 amide bonds. The third kappa shape index (κ3) is 15.2. The van der Waals surface area contributed by atoms with E-state index in [2.05, 4.69) is 5.32 Å². The first-order valence-electron chi connectivity index (χ1n) is 6.53. The minimum absolute atomic E-state index is 0.0221. The Bertz CT molecular complexity index is 205. The molecule has 0 heterocycles. The second-order valence-corrected chi connectivity index (χ2v) is 3.66. The fourth-order valence-corrected chi connectivity index (χ4v) is 1.14. The number of hydrogen-bond donors (Lipinski definition) is 2. The molecule has 3 N–H and O–H groups in total. The van der Waals surface area contributed by atoms with E-state index in [1.807, 2.05) is 0 Å². The first-order chi connectivity index (χ1) is 9.31. The van der Waals surface area contributed by atoms with Gasteiger partial charge in [0.05, 0.1) is 52.9 Å². The standard InChI is InChI=1S/C12H26N2O5/c1-14-12(15)2-4-16-6-8-18-10-11-19-9-7-17-5-3-13/h2-11,13H2,1H3,(H,14,15). The zero-order valence-corrected chi connectivity index (χ0v) is 11.7. The lowest BCUT2D eigenvalue weighted by Gasteiger charge is -2.07. The fraction of sp³-hybridized carbons (Fsp3) is 0.917. The number of ether oxygens (including phenoxy) is 4. The molecule has 0 saturated heterocycles. The van der Waals surface area contributed by atoms with Crippen LogP contribution in [0.4, 0.5) is 0 Å². The summed E-state index contributed by atoms with van der Waals surface area (Å²) in [5, 5.41) is 2.52. The summed E-state index contributed by atoms with van der Waals surface area (Å²) >= 11 is 0. The average Bonchev–Trinajstić information content (AvgIpc) is 2.43. The van der Waals surface area contributed by atoms with Gasteiger partial charge >= 0.3 is 0 Å². The minimum Gasteiger partial charge on any atom is -0.379 e. The van der Waals surface area contributed by atoms with E-state index in [1.165, 1.54) is 0 Å². The molecule has 19 heavy (non-hydrogen) atoms. The van der Waals surface area contributed by atoms with E-state index in [0.717, 1.165) is 0 Å². The molecule has 0 aromatic heterocycles. The largest absolute Gasteiger partial charge is 0.379 e. The van der Waals surface area contributed by atoms with Crippen LogP contribution in [0.5, 0.6) is 0 Å². The highest BCUT2D eigenvalue weighted by atomic mass is 16.6. The normalized spacial score (nSPS) is 10.6. The Morgan fingerprint density at radius 3 is 1.68 bits per heavy atom. The van der Waals surface area contributed by atoms with Gasteiger partial charge in [0.25, 0.3) is 0 Å². The average molecular weight is 278 g/mol. The number of hydrogen-bond acceptors (Lipinski definition) is 6. The van der Waals surface area contributed by atoms with Crippen molar-refractivity contribution in [1.82, 2.24) is 5.32 Å². The van der Waals surface area contributed by atoms with Crippen LogP contribution in [-0.4, -0.2) is 72.4 Å². The Kier molecular flexibility index (Phi) is 14.7. The molecule has 0 radical (unpaired) electrons. The Labute approximate surface area is 114 Å². The summed E-state index contributed by atoms with van der Waals surface area (Å²) in [6, 6.07) is 0. The molecule has 0 atom stereocenters. The van der Waals surface area contributed by atoms with Crippen molar-refractivity contribution < 1.29 is 23.7 Å². The Morgan fingerprint density at radius 1 is 0.842 bits per heavy atom. The van der Waals surface area contributed by atoms with Crippen molar-refractivity contribution in [2.45, 2.75) is 6.42 Å². The van der Waals surface area contributed by atoms with Gasteiger partial charge in [-0.25, -0.2) is 0 Å². The third-order valence-corrected chi connectivity index (χ3v) is 2.13. The maximum atomic E-state index is 10.9. The van der Waals surface area contributed by atoms with E-state index in [1.54, 1.807) is 7.05 Å². The van der Waals surface area contributed by atoms with E-state index in [0.29, 0.717) is 65.8 Å². The summed E-state index contributed by atoms with van der Waals surface area (Å²) in [6.07, 6.45) is 0.377. The van der Waals surface area contributed by atoms with Crippen LogP contribution in [0.3, 0.4) is 0 Å². The van der Waals surface area contributed by atoms with Crippen LogP contribution >= 0.6 is 0 Å². The van der Waals surface area contributed by atoms with Crippen molar-refractivity contribution in [2.75, 3.05) is 66.4 Å². The molecule has 0 aliphatic heterocycles. The second kappa shape index (κ2) is 15.3. The zero-order chi connectivity index (χ0) is 14.2. The highest BCUT2D eigenvalue weighted by molar-refractivity contribution is 5.75. The lowest BCUT2D eigenvalue weighted by Crippen LogP contribution is -2.20. The summed E-state index contributed by atoms with van der Waals surface area (Å²) in [5.74, 6) is -0.0221. The number of rotatable bonds is 14. The number of carbonyl (C=O) groups is 1. The molecule has 0 saturated carbocycles. The molecular formula is C12H26N2O5. The van der Waals surface area contributed by atoms with Gasteiger partial charge in [-0.15, -0.1) is 0 Å². The van der Waals surface area contributed by atoms with Crippen molar-refractivity contribution in [3.8, 4) is 0 Å². The van der Waals surface area contributed by atoms with Crippen LogP contribution in [0.1, 0.15) is 6.42 Å². The minimum atomic E-state index is -0.0221. The number of carbonyl (C=O) groups excluding carboxylic acids is 1. The first kappa shape index (κ1) is 18.3. The summed E-state index contributed by atoms with van der Waals surface area (Å²) in [4.78, 5) is 10.9. The van der Waals surface area contributed by atoms with Crippen molar-refractivity contribution in [1.29, 1.82) is 0 Å². The summed E-state index contributed by atoms with van der Waals surface area (Å²) in [5.41, 5.74) is 5.26. The smallest absolute Gasteiger partial charge is 0.222 e. The molecule has 0 aliphatic carbocycles. The van der Waals surface area contributed by atoms with Crippen molar-refractivity contribution in [3.05, 3.63) is 0 Å². The van der Waals surface area contributed by atoms with E-state index in [-0.39, 0.29) is 5.91 Å². The number of nitrogens with two attached hydrogens (primary N) is 1.